The molecule has 0 unspecified atom stereocenters. The van der Waals surface area contributed by atoms with Gasteiger partial charge in [0.25, 0.3) is 5.91 Å². The predicted octanol–water partition coefficient (Wildman–Crippen LogP) is 1.69. The fraction of sp³-hybridized carbons (Fsp3) is 0.154. The Balaban J connectivity index is 2.11. The molecule has 0 spiro atoms. The smallest absolute Gasteiger partial charge is 0.274 e. The third-order valence-electron chi connectivity index (χ3n) is 2.66. The van der Waals surface area contributed by atoms with Crippen LogP contribution in [0.4, 0.5) is 10.2 Å². The first-order valence-electron chi connectivity index (χ1n) is 5.70. The van der Waals surface area contributed by atoms with Crippen molar-refractivity contribution in [2.75, 3.05) is 5.73 Å². The average molecular weight is 260 g/mol. The number of aromatic nitrogens is 2. The molecule has 1 aromatic heterocycles. The predicted molar refractivity (Wildman–Crippen MR) is 68.7 cm³/mol. The Morgan fingerprint density at radius 1 is 1.26 bits per heavy atom. The van der Waals surface area contributed by atoms with E-state index >= 15 is 0 Å². The van der Waals surface area contributed by atoms with Crippen LogP contribution in [0.25, 0.3) is 0 Å². The van der Waals surface area contributed by atoms with Crippen molar-refractivity contribution in [1.82, 2.24) is 15.3 Å². The minimum atomic E-state index is -0.414. The molecule has 0 saturated heterocycles. The van der Waals surface area contributed by atoms with E-state index in [1.165, 1.54) is 24.5 Å². The van der Waals surface area contributed by atoms with Gasteiger partial charge in [0.15, 0.2) is 11.5 Å². The Bertz CT molecular complexity index is 585. The number of nitrogen functional groups attached to an aromatic ring is 1. The number of nitrogens with zero attached hydrogens (tertiary/aromatic N) is 2. The van der Waals surface area contributed by atoms with E-state index in [-0.39, 0.29) is 23.4 Å². The molecule has 0 aliphatic carbocycles. The van der Waals surface area contributed by atoms with Gasteiger partial charge in [-0.15, -0.1) is 0 Å². The number of hydrogen-bond donors (Lipinski definition) is 2. The van der Waals surface area contributed by atoms with Crippen LogP contribution in [0.3, 0.4) is 0 Å². The number of hydrogen-bond acceptors (Lipinski definition) is 4. The summed E-state index contributed by atoms with van der Waals surface area (Å²) in [4.78, 5) is 19.6. The van der Waals surface area contributed by atoms with Crippen molar-refractivity contribution in [3.63, 3.8) is 0 Å². The monoisotopic (exact) mass is 260 g/mol. The summed E-state index contributed by atoms with van der Waals surface area (Å²) >= 11 is 0. The maximum atomic E-state index is 12.8. The van der Waals surface area contributed by atoms with Crippen LogP contribution in [-0.2, 0) is 0 Å². The molecular weight excluding hydrogens is 247 g/mol. The lowest BCUT2D eigenvalue weighted by Gasteiger charge is -2.14. The molecule has 1 amide bonds. The zero-order valence-electron chi connectivity index (χ0n) is 10.3. The number of amides is 1. The SMILES string of the molecule is C[C@H](NC(=O)c1nccnc1N)c1ccc(F)cc1. The summed E-state index contributed by atoms with van der Waals surface area (Å²) < 4.78 is 12.8. The highest BCUT2D eigenvalue weighted by atomic mass is 19.1. The van der Waals surface area contributed by atoms with Crippen LogP contribution in [0, 0.1) is 5.82 Å². The Kier molecular flexibility index (Phi) is 3.70. The maximum absolute atomic E-state index is 12.8. The van der Waals surface area contributed by atoms with Crippen LogP contribution in [-0.4, -0.2) is 15.9 Å². The van der Waals surface area contributed by atoms with E-state index in [0.29, 0.717) is 0 Å². The number of carbonyl (C=O) groups excluding carboxylic acids is 1. The summed E-state index contributed by atoms with van der Waals surface area (Å²) in [5.41, 5.74) is 6.44. The number of rotatable bonds is 3. The van der Waals surface area contributed by atoms with Gasteiger partial charge < -0.3 is 11.1 Å². The van der Waals surface area contributed by atoms with Crippen molar-refractivity contribution in [3.05, 3.63) is 53.7 Å². The minimum Gasteiger partial charge on any atom is -0.382 e. The van der Waals surface area contributed by atoms with Gasteiger partial charge in [0, 0.05) is 12.4 Å². The minimum absolute atomic E-state index is 0.0753. The largest absolute Gasteiger partial charge is 0.382 e. The van der Waals surface area contributed by atoms with E-state index in [9.17, 15) is 9.18 Å². The Hall–Kier alpha value is -2.50. The van der Waals surface area contributed by atoms with Gasteiger partial charge in [-0.25, -0.2) is 14.4 Å². The molecule has 3 N–H and O–H groups in total. The highest BCUT2D eigenvalue weighted by Gasteiger charge is 2.15. The third kappa shape index (κ3) is 3.04. The second-order valence-electron chi connectivity index (χ2n) is 4.04. The Morgan fingerprint density at radius 3 is 2.53 bits per heavy atom. The number of benzene rings is 1. The maximum Gasteiger partial charge on any atom is 0.274 e. The van der Waals surface area contributed by atoms with Crippen molar-refractivity contribution in [1.29, 1.82) is 0 Å². The number of nitrogens with two attached hydrogens (primary N) is 1. The molecule has 0 aliphatic rings. The molecule has 0 aliphatic heterocycles. The van der Waals surface area contributed by atoms with E-state index in [1.54, 1.807) is 19.1 Å². The van der Waals surface area contributed by atoms with Crippen molar-refractivity contribution < 1.29 is 9.18 Å². The lowest BCUT2D eigenvalue weighted by molar-refractivity contribution is 0.0935. The van der Waals surface area contributed by atoms with E-state index < -0.39 is 5.91 Å². The van der Waals surface area contributed by atoms with E-state index in [4.69, 9.17) is 5.73 Å². The summed E-state index contributed by atoms with van der Waals surface area (Å²) in [5, 5.41) is 2.73. The molecular formula is C13H13FN4O. The topological polar surface area (TPSA) is 80.9 Å². The van der Waals surface area contributed by atoms with Crippen molar-refractivity contribution >= 4 is 11.7 Å². The molecule has 1 aromatic carbocycles. The van der Waals surface area contributed by atoms with Crippen LogP contribution in [0.5, 0.6) is 0 Å². The molecule has 2 rings (SSSR count). The van der Waals surface area contributed by atoms with Crippen LogP contribution >= 0.6 is 0 Å². The second-order valence-corrected chi connectivity index (χ2v) is 4.04. The first-order chi connectivity index (χ1) is 9.08. The normalized spacial score (nSPS) is 11.9. The van der Waals surface area contributed by atoms with Gasteiger partial charge in [0.05, 0.1) is 6.04 Å². The summed E-state index contributed by atoms with van der Waals surface area (Å²) in [6, 6.07) is 5.62. The highest BCUT2D eigenvalue weighted by Crippen LogP contribution is 2.14. The lowest BCUT2D eigenvalue weighted by Crippen LogP contribution is -2.28. The highest BCUT2D eigenvalue weighted by molar-refractivity contribution is 5.96. The fourth-order valence-electron chi connectivity index (χ4n) is 1.62. The molecule has 0 fully saturated rings. The van der Waals surface area contributed by atoms with Crippen LogP contribution < -0.4 is 11.1 Å². The second kappa shape index (κ2) is 5.43. The van der Waals surface area contributed by atoms with Crippen LogP contribution in [0.15, 0.2) is 36.7 Å². The van der Waals surface area contributed by atoms with E-state index in [1.807, 2.05) is 0 Å². The van der Waals surface area contributed by atoms with Gasteiger partial charge in [0.1, 0.15) is 5.82 Å². The Labute approximate surface area is 109 Å². The average Bonchev–Trinajstić information content (AvgIpc) is 2.39. The molecule has 0 saturated carbocycles. The molecule has 19 heavy (non-hydrogen) atoms. The van der Waals surface area contributed by atoms with Gasteiger partial charge in [-0.05, 0) is 24.6 Å². The lowest BCUT2D eigenvalue weighted by atomic mass is 10.1. The van der Waals surface area contributed by atoms with E-state index in [2.05, 4.69) is 15.3 Å². The van der Waals surface area contributed by atoms with Crippen molar-refractivity contribution in [2.24, 2.45) is 0 Å². The van der Waals surface area contributed by atoms with Crippen LogP contribution in [0.1, 0.15) is 29.0 Å². The number of carbonyl (C=O) groups is 1. The van der Waals surface area contributed by atoms with Gasteiger partial charge >= 0.3 is 0 Å². The number of anilines is 1. The fourth-order valence-corrected chi connectivity index (χ4v) is 1.62. The summed E-state index contributed by atoms with van der Waals surface area (Å²) in [7, 11) is 0. The van der Waals surface area contributed by atoms with Crippen LogP contribution in [0.2, 0.25) is 0 Å². The molecule has 5 nitrogen and oxygen atoms in total. The quantitative estimate of drug-likeness (QED) is 0.880. The molecule has 2 aromatic rings. The number of halogens is 1. The molecule has 1 atom stereocenters. The van der Waals surface area contributed by atoms with Gasteiger partial charge in [-0.3, -0.25) is 4.79 Å². The molecule has 1 heterocycles. The third-order valence-corrected chi connectivity index (χ3v) is 2.66. The Morgan fingerprint density at radius 2 is 1.89 bits per heavy atom. The summed E-state index contributed by atoms with van der Waals surface area (Å²) in [6.07, 6.45) is 2.81. The first-order valence-corrected chi connectivity index (χ1v) is 5.70. The van der Waals surface area contributed by atoms with Gasteiger partial charge in [0.2, 0.25) is 0 Å². The number of nitrogens with one attached hydrogen (secondary N) is 1. The van der Waals surface area contributed by atoms with Gasteiger partial charge in [-0.1, -0.05) is 12.1 Å². The zero-order valence-corrected chi connectivity index (χ0v) is 10.3. The summed E-state index contributed by atoms with van der Waals surface area (Å²) in [5.74, 6) is -0.658. The zero-order chi connectivity index (χ0) is 13.8. The molecule has 6 heteroatoms. The molecule has 0 bridgehead atoms. The van der Waals surface area contributed by atoms with Gasteiger partial charge in [-0.2, -0.15) is 0 Å². The first kappa shape index (κ1) is 12.9. The standard InChI is InChI=1S/C13H13FN4O/c1-8(9-2-4-10(14)5-3-9)18-13(19)11-12(15)17-7-6-16-11/h2-8H,1H3,(H2,15,17)(H,18,19)/t8-/m0/s1. The molecule has 98 valence electrons. The van der Waals surface area contributed by atoms with Crippen molar-refractivity contribution in [3.8, 4) is 0 Å². The van der Waals surface area contributed by atoms with E-state index in [0.717, 1.165) is 5.56 Å². The van der Waals surface area contributed by atoms with Crippen molar-refractivity contribution in [2.45, 2.75) is 13.0 Å². The summed E-state index contributed by atoms with van der Waals surface area (Å²) in [6.45, 7) is 1.79. The molecule has 0 radical (unpaired) electrons.